The van der Waals surface area contributed by atoms with Gasteiger partial charge in [0.15, 0.2) is 0 Å². The zero-order chi connectivity index (χ0) is 22.9. The average molecular weight is 462 g/mol. The lowest BCUT2D eigenvalue weighted by molar-refractivity contribution is 0.0627. The van der Waals surface area contributed by atoms with E-state index in [0.29, 0.717) is 60.0 Å². The van der Waals surface area contributed by atoms with Gasteiger partial charge in [-0.3, -0.25) is 14.5 Å². The quantitative estimate of drug-likeness (QED) is 0.567. The molecule has 2 aliphatic heterocycles. The summed E-state index contributed by atoms with van der Waals surface area (Å²) in [5.41, 5.74) is 3.97. The molecule has 5 rings (SSSR count). The number of amides is 2. The van der Waals surface area contributed by atoms with Crippen LogP contribution in [0.2, 0.25) is 5.02 Å². The highest BCUT2D eigenvalue weighted by Gasteiger charge is 2.25. The van der Waals surface area contributed by atoms with Gasteiger partial charge in [0.1, 0.15) is 5.82 Å². The molecule has 33 heavy (non-hydrogen) atoms. The number of carbonyl (C=O) groups excluding carboxylic acids is 2. The van der Waals surface area contributed by atoms with Crippen LogP contribution in [0, 0.1) is 5.82 Å². The number of fused-ring (bicyclic) bond motifs is 1. The van der Waals surface area contributed by atoms with Gasteiger partial charge in [-0.1, -0.05) is 41.9 Å². The number of carbonyl (C=O) groups is 2. The van der Waals surface area contributed by atoms with Gasteiger partial charge in [-0.15, -0.1) is 0 Å². The van der Waals surface area contributed by atoms with Crippen molar-refractivity contribution >= 4 is 29.6 Å². The summed E-state index contributed by atoms with van der Waals surface area (Å²) < 4.78 is 14.5. The molecule has 0 N–H and O–H groups in total. The monoisotopic (exact) mass is 461 g/mol. The summed E-state index contributed by atoms with van der Waals surface area (Å²) in [6.07, 6.45) is 1.48. The van der Waals surface area contributed by atoms with Gasteiger partial charge in [-0.05, 0) is 41.5 Å². The average Bonchev–Trinajstić information content (AvgIpc) is 3.19. The first kappa shape index (κ1) is 21.5. The van der Waals surface area contributed by atoms with E-state index in [1.54, 1.807) is 6.07 Å². The molecule has 2 heterocycles. The Bertz CT molecular complexity index is 1270. The fourth-order valence-electron chi connectivity index (χ4n) is 4.32. The molecule has 3 aromatic carbocycles. The summed E-state index contributed by atoms with van der Waals surface area (Å²) in [5, 5.41) is 0.650. The third-order valence-corrected chi connectivity index (χ3v) is 6.39. The van der Waals surface area contributed by atoms with Crippen molar-refractivity contribution in [3.05, 3.63) is 93.8 Å². The molecular formula is C26H21ClFN3O2. The minimum absolute atomic E-state index is 0.0152. The molecular weight excluding hydrogens is 441 g/mol. The molecule has 2 amide bonds. The van der Waals surface area contributed by atoms with Crippen LogP contribution >= 0.6 is 11.6 Å². The fraction of sp³-hybridized carbons (Fsp3) is 0.192. The van der Waals surface area contributed by atoms with Crippen LogP contribution in [0.15, 0.2) is 65.7 Å². The van der Waals surface area contributed by atoms with E-state index in [0.717, 1.165) is 11.1 Å². The Kier molecular flexibility index (Phi) is 5.79. The summed E-state index contributed by atoms with van der Waals surface area (Å²) in [6, 6.07) is 18.0. The molecule has 7 heteroatoms. The van der Waals surface area contributed by atoms with Crippen molar-refractivity contribution in [3.63, 3.8) is 0 Å². The molecule has 0 saturated carbocycles. The summed E-state index contributed by atoms with van der Waals surface area (Å²) >= 11 is 6.01. The van der Waals surface area contributed by atoms with Crippen molar-refractivity contribution in [2.24, 2.45) is 4.99 Å². The van der Waals surface area contributed by atoms with Crippen molar-refractivity contribution < 1.29 is 14.0 Å². The molecule has 0 aromatic heterocycles. The van der Waals surface area contributed by atoms with Gasteiger partial charge in [-0.2, -0.15) is 0 Å². The first-order chi connectivity index (χ1) is 16.0. The highest BCUT2D eigenvalue weighted by atomic mass is 35.5. The molecule has 0 bridgehead atoms. The van der Waals surface area contributed by atoms with E-state index in [-0.39, 0.29) is 5.91 Å². The van der Waals surface area contributed by atoms with Gasteiger partial charge in [0, 0.05) is 60.7 Å². The van der Waals surface area contributed by atoms with E-state index in [4.69, 9.17) is 11.6 Å². The molecule has 2 aliphatic rings. The molecule has 0 unspecified atom stereocenters. The molecule has 5 nitrogen and oxygen atoms in total. The first-order valence-corrected chi connectivity index (χ1v) is 11.1. The molecule has 0 radical (unpaired) electrons. The maximum absolute atomic E-state index is 14.5. The predicted octanol–water partition coefficient (Wildman–Crippen LogP) is 4.68. The number of hydrogen-bond acceptors (Lipinski definition) is 3. The van der Waals surface area contributed by atoms with Crippen molar-refractivity contribution in [1.82, 2.24) is 9.80 Å². The SMILES string of the molecule is O=C1N=Cc2cc(CN3CCN(C(=O)c4ccccc4-c4ccc(Cl)cc4)CC3)c(F)cc21. The Morgan fingerprint density at radius 1 is 0.970 bits per heavy atom. The zero-order valence-corrected chi connectivity index (χ0v) is 18.6. The number of benzene rings is 3. The molecule has 0 atom stereocenters. The van der Waals surface area contributed by atoms with Crippen LogP contribution in [0.3, 0.4) is 0 Å². The van der Waals surface area contributed by atoms with Crippen LogP contribution in [0.25, 0.3) is 11.1 Å². The van der Waals surface area contributed by atoms with Gasteiger partial charge in [0.25, 0.3) is 11.8 Å². The summed E-state index contributed by atoms with van der Waals surface area (Å²) in [4.78, 5) is 32.7. The Morgan fingerprint density at radius 2 is 1.70 bits per heavy atom. The Hall–Kier alpha value is -3.35. The van der Waals surface area contributed by atoms with Crippen molar-refractivity contribution in [2.45, 2.75) is 6.54 Å². The minimum Gasteiger partial charge on any atom is -0.336 e. The maximum atomic E-state index is 14.5. The number of hydrogen-bond donors (Lipinski definition) is 0. The Morgan fingerprint density at radius 3 is 2.45 bits per heavy atom. The van der Waals surface area contributed by atoms with Crippen LogP contribution in [0.4, 0.5) is 4.39 Å². The number of piperazine rings is 1. The van der Waals surface area contributed by atoms with Gasteiger partial charge < -0.3 is 4.90 Å². The van der Waals surface area contributed by atoms with Crippen LogP contribution < -0.4 is 0 Å². The lowest BCUT2D eigenvalue weighted by Crippen LogP contribution is -2.48. The molecule has 1 fully saturated rings. The largest absolute Gasteiger partial charge is 0.336 e. The lowest BCUT2D eigenvalue weighted by atomic mass is 9.98. The van der Waals surface area contributed by atoms with Crippen LogP contribution in [-0.4, -0.2) is 54.0 Å². The van der Waals surface area contributed by atoms with Gasteiger partial charge in [0.2, 0.25) is 0 Å². The predicted molar refractivity (Wildman–Crippen MR) is 126 cm³/mol. The van der Waals surface area contributed by atoms with E-state index in [1.165, 1.54) is 12.3 Å². The number of nitrogens with zero attached hydrogens (tertiary/aromatic N) is 3. The standard InChI is InChI=1S/C26H21ClFN3O2/c27-20-7-5-17(6-8-20)21-3-1-2-4-22(21)26(33)31-11-9-30(10-12-31)16-19-13-18-15-29-25(32)23(18)14-24(19)28/h1-8,13-15H,9-12,16H2. The van der Waals surface area contributed by atoms with Gasteiger partial charge in [-0.25, -0.2) is 9.38 Å². The fourth-order valence-corrected chi connectivity index (χ4v) is 4.45. The molecule has 0 aliphatic carbocycles. The number of aliphatic imine (C=N–C) groups is 1. The summed E-state index contributed by atoms with van der Waals surface area (Å²) in [6.45, 7) is 2.81. The van der Waals surface area contributed by atoms with E-state index in [9.17, 15) is 14.0 Å². The van der Waals surface area contributed by atoms with Gasteiger partial charge >= 0.3 is 0 Å². The summed E-state index contributed by atoms with van der Waals surface area (Å²) in [5.74, 6) is -0.817. The highest BCUT2D eigenvalue weighted by Crippen LogP contribution is 2.27. The second-order valence-electron chi connectivity index (χ2n) is 8.22. The van der Waals surface area contributed by atoms with E-state index in [1.807, 2.05) is 53.4 Å². The third-order valence-electron chi connectivity index (χ3n) is 6.14. The maximum Gasteiger partial charge on any atom is 0.277 e. The molecule has 3 aromatic rings. The second-order valence-corrected chi connectivity index (χ2v) is 8.65. The van der Waals surface area contributed by atoms with E-state index in [2.05, 4.69) is 9.89 Å². The van der Waals surface area contributed by atoms with Gasteiger partial charge in [0.05, 0.1) is 5.56 Å². The zero-order valence-electron chi connectivity index (χ0n) is 17.8. The topological polar surface area (TPSA) is 53.0 Å². The van der Waals surface area contributed by atoms with Crippen molar-refractivity contribution in [2.75, 3.05) is 26.2 Å². The van der Waals surface area contributed by atoms with E-state index < -0.39 is 11.7 Å². The van der Waals surface area contributed by atoms with Crippen LogP contribution in [-0.2, 0) is 6.54 Å². The smallest absolute Gasteiger partial charge is 0.277 e. The Balaban J connectivity index is 1.27. The molecule has 166 valence electrons. The van der Waals surface area contributed by atoms with E-state index >= 15 is 0 Å². The number of rotatable bonds is 4. The molecule has 0 spiro atoms. The van der Waals surface area contributed by atoms with Crippen molar-refractivity contribution in [3.8, 4) is 11.1 Å². The Labute approximate surface area is 196 Å². The molecule has 1 saturated heterocycles. The van der Waals surface area contributed by atoms with Crippen LogP contribution in [0.5, 0.6) is 0 Å². The van der Waals surface area contributed by atoms with Crippen molar-refractivity contribution in [1.29, 1.82) is 0 Å². The second kappa shape index (κ2) is 8.89. The summed E-state index contributed by atoms with van der Waals surface area (Å²) in [7, 11) is 0. The third kappa shape index (κ3) is 4.32. The normalized spacial score (nSPS) is 15.7. The lowest BCUT2D eigenvalue weighted by Gasteiger charge is -2.35. The minimum atomic E-state index is -0.401. The number of halogens is 2. The highest BCUT2D eigenvalue weighted by molar-refractivity contribution is 6.30. The first-order valence-electron chi connectivity index (χ1n) is 10.8. The van der Waals surface area contributed by atoms with Crippen LogP contribution in [0.1, 0.15) is 31.8 Å².